The van der Waals surface area contributed by atoms with Crippen molar-refractivity contribution < 1.29 is 31.4 Å². The zero-order valence-corrected chi connectivity index (χ0v) is 9.23. The quantitative estimate of drug-likeness (QED) is 0.833. The normalized spacial score (nSPS) is 16.4. The Morgan fingerprint density at radius 3 is 2.00 bits per heavy atom. The molecule has 0 aliphatic heterocycles. The molecule has 1 unspecified atom stereocenters. The summed E-state index contributed by atoms with van der Waals surface area (Å²) < 4.78 is 75.0. The van der Waals surface area contributed by atoms with Crippen molar-refractivity contribution in [2.24, 2.45) is 0 Å². The molecular formula is C11H10F6O. The van der Waals surface area contributed by atoms with E-state index in [0.717, 1.165) is 12.1 Å². The molecule has 1 rings (SSSR count). The van der Waals surface area contributed by atoms with Gasteiger partial charge >= 0.3 is 12.1 Å². The Kier molecular flexibility index (Phi) is 3.67. The average molecular weight is 272 g/mol. The SMILES string of the molecule is CC(O)(CC(F)(F)C(F)(F)F)c1ccccc1F. The second-order valence-electron chi connectivity index (χ2n) is 4.13. The molecule has 1 nitrogen and oxygen atoms in total. The lowest BCUT2D eigenvalue weighted by molar-refractivity contribution is -0.297. The standard InChI is InChI=1S/C11H10F6O/c1-9(18,6-10(13,14)11(15,16)17)7-4-2-3-5-8(7)12/h2-5,18H,6H2,1H3. The Morgan fingerprint density at radius 1 is 1.06 bits per heavy atom. The van der Waals surface area contributed by atoms with E-state index in [1.807, 2.05) is 0 Å². The van der Waals surface area contributed by atoms with Gasteiger partial charge in [-0.3, -0.25) is 0 Å². The van der Waals surface area contributed by atoms with Gasteiger partial charge in [-0.1, -0.05) is 18.2 Å². The molecule has 102 valence electrons. The minimum atomic E-state index is -5.79. The van der Waals surface area contributed by atoms with Crippen molar-refractivity contribution in [3.8, 4) is 0 Å². The zero-order valence-electron chi connectivity index (χ0n) is 9.23. The number of aliphatic hydroxyl groups is 1. The number of hydrogen-bond acceptors (Lipinski definition) is 1. The van der Waals surface area contributed by atoms with Crippen LogP contribution in [0.2, 0.25) is 0 Å². The molecule has 0 aliphatic carbocycles. The van der Waals surface area contributed by atoms with E-state index in [1.54, 1.807) is 0 Å². The number of benzene rings is 1. The minimum Gasteiger partial charge on any atom is -0.385 e. The smallest absolute Gasteiger partial charge is 0.385 e. The van der Waals surface area contributed by atoms with Crippen LogP contribution in [0.4, 0.5) is 26.3 Å². The summed E-state index contributed by atoms with van der Waals surface area (Å²) in [5, 5.41) is 9.65. The minimum absolute atomic E-state index is 0.603. The monoisotopic (exact) mass is 272 g/mol. The summed E-state index contributed by atoms with van der Waals surface area (Å²) in [6.07, 6.45) is -7.73. The van der Waals surface area contributed by atoms with Gasteiger partial charge < -0.3 is 5.11 Å². The van der Waals surface area contributed by atoms with Crippen LogP contribution in [-0.4, -0.2) is 17.2 Å². The molecule has 1 atom stereocenters. The molecule has 0 amide bonds. The maximum absolute atomic E-state index is 13.3. The highest BCUT2D eigenvalue weighted by Crippen LogP contribution is 2.44. The van der Waals surface area contributed by atoms with Gasteiger partial charge in [0.05, 0.1) is 12.0 Å². The van der Waals surface area contributed by atoms with E-state index in [4.69, 9.17) is 0 Å². The molecule has 0 bridgehead atoms. The van der Waals surface area contributed by atoms with Crippen molar-refractivity contribution in [3.63, 3.8) is 0 Å². The number of rotatable bonds is 3. The van der Waals surface area contributed by atoms with Crippen LogP contribution in [0.3, 0.4) is 0 Å². The zero-order chi connectivity index (χ0) is 14.2. The van der Waals surface area contributed by atoms with Gasteiger partial charge in [0.1, 0.15) is 5.82 Å². The third kappa shape index (κ3) is 2.95. The number of halogens is 6. The fourth-order valence-electron chi connectivity index (χ4n) is 1.53. The van der Waals surface area contributed by atoms with Crippen molar-refractivity contribution in [3.05, 3.63) is 35.6 Å². The average Bonchev–Trinajstić information content (AvgIpc) is 2.14. The van der Waals surface area contributed by atoms with E-state index in [9.17, 15) is 31.4 Å². The third-order valence-corrected chi connectivity index (χ3v) is 2.44. The van der Waals surface area contributed by atoms with Gasteiger partial charge in [0.15, 0.2) is 0 Å². The Labute approximate surface area is 99.0 Å². The predicted molar refractivity (Wildman–Crippen MR) is 51.6 cm³/mol. The summed E-state index contributed by atoms with van der Waals surface area (Å²) >= 11 is 0. The molecule has 0 radical (unpaired) electrons. The van der Waals surface area contributed by atoms with Crippen LogP contribution in [0.1, 0.15) is 18.9 Å². The van der Waals surface area contributed by atoms with Crippen molar-refractivity contribution >= 4 is 0 Å². The van der Waals surface area contributed by atoms with Gasteiger partial charge in [0.25, 0.3) is 0 Å². The van der Waals surface area contributed by atoms with E-state index in [2.05, 4.69) is 0 Å². The van der Waals surface area contributed by atoms with E-state index in [0.29, 0.717) is 6.92 Å². The largest absolute Gasteiger partial charge is 0.453 e. The second-order valence-corrected chi connectivity index (χ2v) is 4.13. The van der Waals surface area contributed by atoms with Crippen molar-refractivity contribution in [1.82, 2.24) is 0 Å². The summed E-state index contributed by atoms with van der Waals surface area (Å²) in [5.41, 5.74) is -3.22. The maximum Gasteiger partial charge on any atom is 0.453 e. The molecule has 0 heterocycles. The maximum atomic E-state index is 13.3. The van der Waals surface area contributed by atoms with Crippen LogP contribution in [0.25, 0.3) is 0 Å². The number of alkyl halides is 5. The first kappa shape index (κ1) is 14.8. The molecule has 0 spiro atoms. The van der Waals surface area contributed by atoms with Crippen molar-refractivity contribution in [1.29, 1.82) is 0 Å². The Morgan fingerprint density at radius 2 is 1.56 bits per heavy atom. The van der Waals surface area contributed by atoms with E-state index in [1.165, 1.54) is 12.1 Å². The molecule has 0 aliphatic rings. The first-order valence-electron chi connectivity index (χ1n) is 4.89. The van der Waals surface area contributed by atoms with Crippen LogP contribution < -0.4 is 0 Å². The number of hydrogen-bond donors (Lipinski definition) is 1. The van der Waals surface area contributed by atoms with Gasteiger partial charge in [-0.15, -0.1) is 0 Å². The lowest BCUT2D eigenvalue weighted by Gasteiger charge is -2.30. The lowest BCUT2D eigenvalue weighted by atomic mass is 9.89. The molecule has 1 N–H and O–H groups in total. The van der Waals surface area contributed by atoms with Gasteiger partial charge in [0, 0.05) is 5.56 Å². The molecular weight excluding hydrogens is 262 g/mol. The Bertz CT molecular complexity index is 424. The lowest BCUT2D eigenvalue weighted by Crippen LogP contribution is -2.42. The van der Waals surface area contributed by atoms with Crippen LogP contribution in [-0.2, 0) is 5.60 Å². The van der Waals surface area contributed by atoms with Crippen LogP contribution in [0.15, 0.2) is 24.3 Å². The summed E-state index contributed by atoms with van der Waals surface area (Å²) in [7, 11) is 0. The Hall–Kier alpha value is -1.24. The summed E-state index contributed by atoms with van der Waals surface area (Å²) in [6.45, 7) is 0.713. The molecule has 0 aromatic heterocycles. The summed E-state index contributed by atoms with van der Waals surface area (Å²) in [4.78, 5) is 0. The molecule has 18 heavy (non-hydrogen) atoms. The topological polar surface area (TPSA) is 20.2 Å². The molecule has 0 saturated carbocycles. The van der Waals surface area contributed by atoms with Gasteiger partial charge in [0.2, 0.25) is 0 Å². The highest BCUT2D eigenvalue weighted by Gasteiger charge is 2.60. The van der Waals surface area contributed by atoms with Gasteiger partial charge in [-0.05, 0) is 13.0 Å². The van der Waals surface area contributed by atoms with Gasteiger partial charge in [-0.25, -0.2) is 4.39 Å². The Balaban J connectivity index is 3.06. The van der Waals surface area contributed by atoms with Crippen LogP contribution in [0.5, 0.6) is 0 Å². The van der Waals surface area contributed by atoms with Crippen molar-refractivity contribution in [2.75, 3.05) is 0 Å². The third-order valence-electron chi connectivity index (χ3n) is 2.44. The molecule has 1 aromatic rings. The summed E-state index contributed by atoms with van der Waals surface area (Å²) in [6, 6.07) is 4.30. The fraction of sp³-hybridized carbons (Fsp3) is 0.455. The van der Waals surface area contributed by atoms with Crippen LogP contribution in [0, 0.1) is 5.82 Å². The summed E-state index contributed by atoms with van der Waals surface area (Å²) in [5.74, 6) is -6.14. The first-order chi connectivity index (χ1) is 7.97. The molecule has 1 aromatic carbocycles. The molecule has 7 heteroatoms. The van der Waals surface area contributed by atoms with Crippen LogP contribution >= 0.6 is 0 Å². The van der Waals surface area contributed by atoms with E-state index in [-0.39, 0.29) is 0 Å². The highest BCUT2D eigenvalue weighted by molar-refractivity contribution is 5.24. The molecule has 0 fully saturated rings. The predicted octanol–water partition coefficient (Wildman–Crippen LogP) is 3.62. The molecule has 0 saturated heterocycles. The first-order valence-corrected chi connectivity index (χ1v) is 4.89. The van der Waals surface area contributed by atoms with E-state index >= 15 is 0 Å². The second kappa shape index (κ2) is 4.46. The van der Waals surface area contributed by atoms with Crippen molar-refractivity contribution in [2.45, 2.75) is 31.0 Å². The van der Waals surface area contributed by atoms with Gasteiger partial charge in [-0.2, -0.15) is 22.0 Å². The highest BCUT2D eigenvalue weighted by atomic mass is 19.4. The fourth-order valence-corrected chi connectivity index (χ4v) is 1.53. The van der Waals surface area contributed by atoms with E-state index < -0.39 is 35.5 Å².